The zero-order valence-electron chi connectivity index (χ0n) is 28.4. The van der Waals surface area contributed by atoms with Crippen LogP contribution in [0.1, 0.15) is 88.8 Å². The number of carboxylic acids is 1. The molecule has 6 rings (SSSR count). The van der Waals surface area contributed by atoms with Crippen LogP contribution in [0.25, 0.3) is 12.2 Å². The van der Waals surface area contributed by atoms with Crippen LogP contribution in [-0.2, 0) is 20.7 Å². The summed E-state index contributed by atoms with van der Waals surface area (Å²) in [5.41, 5.74) is 10.5. The van der Waals surface area contributed by atoms with Crippen LogP contribution in [0.15, 0.2) is 121 Å². The van der Waals surface area contributed by atoms with E-state index in [4.69, 9.17) is 14.2 Å². The minimum Gasteiger partial charge on any atom is -0.491 e. The fourth-order valence-corrected chi connectivity index (χ4v) is 6.56. The van der Waals surface area contributed by atoms with Gasteiger partial charge in [-0.15, -0.1) is 0 Å². The van der Waals surface area contributed by atoms with Crippen molar-refractivity contribution in [2.24, 2.45) is 0 Å². The monoisotopic (exact) mass is 652 g/mol. The summed E-state index contributed by atoms with van der Waals surface area (Å²) in [6.45, 7) is 7.41. The first-order valence-corrected chi connectivity index (χ1v) is 17.1. The van der Waals surface area contributed by atoms with Crippen molar-refractivity contribution in [1.82, 2.24) is 0 Å². The van der Waals surface area contributed by atoms with Crippen LogP contribution in [0.2, 0.25) is 0 Å². The lowest BCUT2D eigenvalue weighted by atomic mass is 9.86. The van der Waals surface area contributed by atoms with Crippen molar-refractivity contribution in [2.75, 3.05) is 19.8 Å². The number of hydrogen-bond acceptors (Lipinski definition) is 4. The maximum atomic E-state index is 11.5. The molecule has 250 valence electrons. The zero-order chi connectivity index (χ0) is 34.2. The summed E-state index contributed by atoms with van der Waals surface area (Å²) in [5, 5.41) is 9.43. The van der Waals surface area contributed by atoms with Gasteiger partial charge in [0.25, 0.3) is 0 Å². The molecule has 0 bridgehead atoms. The summed E-state index contributed by atoms with van der Waals surface area (Å²) < 4.78 is 18.3. The molecule has 0 aliphatic heterocycles. The fourth-order valence-electron chi connectivity index (χ4n) is 6.56. The lowest BCUT2D eigenvalue weighted by Crippen LogP contribution is -2.26. The van der Waals surface area contributed by atoms with E-state index in [1.807, 2.05) is 24.3 Å². The predicted molar refractivity (Wildman–Crippen MR) is 196 cm³/mol. The molecule has 5 aromatic rings. The number of carbonyl (C=O) groups is 1. The number of ether oxygens (including phenoxy) is 3. The lowest BCUT2D eigenvalue weighted by molar-refractivity contribution is -0.149. The van der Waals surface area contributed by atoms with Crippen LogP contribution in [-0.4, -0.2) is 37.0 Å². The molecule has 1 aliphatic carbocycles. The average Bonchev–Trinajstić information content (AvgIpc) is 3.29. The third-order valence-electron chi connectivity index (χ3n) is 9.45. The maximum absolute atomic E-state index is 11.5. The summed E-state index contributed by atoms with van der Waals surface area (Å²) in [6.07, 6.45) is 3.55. The Morgan fingerprint density at radius 1 is 0.673 bits per heavy atom. The highest BCUT2D eigenvalue weighted by atomic mass is 16.5. The summed E-state index contributed by atoms with van der Waals surface area (Å²) in [6, 6.07) is 42.3. The Kier molecular flexibility index (Phi) is 11.0. The highest BCUT2D eigenvalue weighted by molar-refractivity contribution is 5.77. The number of rotatable bonds is 14. The van der Waals surface area contributed by atoms with Gasteiger partial charge >= 0.3 is 5.97 Å². The van der Waals surface area contributed by atoms with Crippen LogP contribution < -0.4 is 4.74 Å². The predicted octanol–water partition coefficient (Wildman–Crippen LogP) is 9.69. The van der Waals surface area contributed by atoms with Gasteiger partial charge in [0.15, 0.2) is 6.10 Å². The van der Waals surface area contributed by atoms with Gasteiger partial charge in [-0.3, -0.25) is 0 Å². The molecule has 49 heavy (non-hydrogen) atoms. The van der Waals surface area contributed by atoms with E-state index in [1.54, 1.807) is 6.92 Å². The van der Waals surface area contributed by atoms with E-state index in [2.05, 4.69) is 123 Å². The van der Waals surface area contributed by atoms with Gasteiger partial charge in [0.2, 0.25) is 0 Å². The van der Waals surface area contributed by atoms with E-state index >= 15 is 0 Å². The Morgan fingerprint density at radius 3 is 1.69 bits per heavy atom. The third-order valence-corrected chi connectivity index (χ3v) is 9.45. The Hall–Kier alpha value is -4.97. The number of aliphatic carboxylic acids is 1. The first kappa shape index (κ1) is 33.9. The van der Waals surface area contributed by atoms with E-state index in [0.29, 0.717) is 32.0 Å². The topological polar surface area (TPSA) is 65.0 Å². The van der Waals surface area contributed by atoms with E-state index < -0.39 is 12.1 Å². The molecule has 3 atom stereocenters. The van der Waals surface area contributed by atoms with Gasteiger partial charge in [0.05, 0.1) is 6.61 Å². The summed E-state index contributed by atoms with van der Waals surface area (Å²) in [7, 11) is 0. The SMILES string of the molecule is CCOC(Cc1ccc(OCCOC2c3cc(C(C)c4ccccc4)ccc3C=Cc3ccc(C(C)c4ccccc4)cc32)cc1)C(=O)O. The van der Waals surface area contributed by atoms with Crippen molar-refractivity contribution >= 4 is 18.1 Å². The second-order valence-corrected chi connectivity index (χ2v) is 12.6. The van der Waals surface area contributed by atoms with E-state index in [-0.39, 0.29) is 17.9 Å². The molecule has 0 fully saturated rings. The molecular formula is C44H44O5. The van der Waals surface area contributed by atoms with Crippen molar-refractivity contribution in [1.29, 1.82) is 0 Å². The minimum atomic E-state index is -0.959. The molecule has 5 heteroatoms. The van der Waals surface area contributed by atoms with E-state index in [9.17, 15) is 9.90 Å². The number of benzene rings is 5. The molecule has 5 nitrogen and oxygen atoms in total. The molecular weight excluding hydrogens is 608 g/mol. The molecule has 1 aliphatic rings. The molecule has 0 spiro atoms. The molecule has 0 heterocycles. The molecule has 0 saturated heterocycles. The Balaban J connectivity index is 1.25. The Bertz CT molecular complexity index is 1760. The molecule has 0 aromatic heterocycles. The second-order valence-electron chi connectivity index (χ2n) is 12.6. The molecule has 0 saturated carbocycles. The molecule has 5 aromatic carbocycles. The van der Waals surface area contributed by atoms with Gasteiger partial charge in [0, 0.05) is 24.9 Å². The smallest absolute Gasteiger partial charge is 0.333 e. The first-order chi connectivity index (χ1) is 23.9. The van der Waals surface area contributed by atoms with Crippen LogP contribution >= 0.6 is 0 Å². The van der Waals surface area contributed by atoms with Crippen molar-refractivity contribution in [3.8, 4) is 5.75 Å². The molecule has 3 unspecified atom stereocenters. The highest BCUT2D eigenvalue weighted by Gasteiger charge is 2.25. The Morgan fingerprint density at radius 2 is 1.20 bits per heavy atom. The van der Waals surface area contributed by atoms with Gasteiger partial charge < -0.3 is 19.3 Å². The first-order valence-electron chi connectivity index (χ1n) is 17.1. The maximum Gasteiger partial charge on any atom is 0.333 e. The van der Waals surface area contributed by atoms with Gasteiger partial charge in [-0.2, -0.15) is 0 Å². The third kappa shape index (κ3) is 8.19. The van der Waals surface area contributed by atoms with Crippen molar-refractivity contribution in [3.63, 3.8) is 0 Å². The quantitative estimate of drug-likeness (QED) is 0.121. The van der Waals surface area contributed by atoms with Gasteiger partial charge in [-0.25, -0.2) is 4.79 Å². The fraction of sp³-hybridized carbons (Fsp3) is 0.250. The van der Waals surface area contributed by atoms with Gasteiger partial charge in [0.1, 0.15) is 18.5 Å². The van der Waals surface area contributed by atoms with Crippen LogP contribution in [0.5, 0.6) is 5.75 Å². The van der Waals surface area contributed by atoms with Gasteiger partial charge in [-0.1, -0.05) is 135 Å². The van der Waals surface area contributed by atoms with Crippen molar-refractivity contribution in [2.45, 2.75) is 51.2 Å². The average molecular weight is 653 g/mol. The largest absolute Gasteiger partial charge is 0.491 e. The normalized spacial score (nSPS) is 15.4. The van der Waals surface area contributed by atoms with Crippen LogP contribution in [0, 0.1) is 0 Å². The van der Waals surface area contributed by atoms with Crippen molar-refractivity contribution < 1.29 is 24.1 Å². The number of carboxylic acid groups (broad SMARTS) is 1. The van der Waals surface area contributed by atoms with Crippen molar-refractivity contribution in [3.05, 3.63) is 171 Å². The van der Waals surface area contributed by atoms with E-state index in [0.717, 1.165) is 27.8 Å². The lowest BCUT2D eigenvalue weighted by Gasteiger charge is -2.24. The number of hydrogen-bond donors (Lipinski definition) is 1. The summed E-state index contributed by atoms with van der Waals surface area (Å²) in [4.78, 5) is 11.5. The Labute approximate surface area is 289 Å². The van der Waals surface area contributed by atoms with Crippen LogP contribution in [0.3, 0.4) is 0 Å². The van der Waals surface area contributed by atoms with Gasteiger partial charge in [-0.05, 0) is 69.1 Å². The summed E-state index contributed by atoms with van der Waals surface area (Å²) in [5.74, 6) is 0.208. The molecule has 1 N–H and O–H groups in total. The second kappa shape index (κ2) is 16.0. The standard InChI is InChI=1S/C44H44O5/c1-4-47-42(44(45)46)27-32-15-23-39(24-16-32)48-25-26-49-43-40-28-37(30(2)33-11-7-5-8-12-33)21-19-35(40)17-18-36-20-22-38(29-41(36)43)31(3)34-13-9-6-10-14-34/h5-24,28-31,42-43H,4,25-27H2,1-3H3,(H,45,46). The molecule has 0 amide bonds. The zero-order valence-corrected chi connectivity index (χ0v) is 28.4. The molecule has 0 radical (unpaired) electrons. The van der Waals surface area contributed by atoms with Crippen LogP contribution in [0.4, 0.5) is 0 Å². The minimum absolute atomic E-state index is 0.230. The highest BCUT2D eigenvalue weighted by Crippen LogP contribution is 2.39. The summed E-state index contributed by atoms with van der Waals surface area (Å²) >= 11 is 0. The number of fused-ring (bicyclic) bond motifs is 2. The van der Waals surface area contributed by atoms with E-state index in [1.165, 1.54) is 22.3 Å².